The normalized spacial score (nSPS) is 13.6. The van der Waals surface area contributed by atoms with Crippen molar-refractivity contribution in [2.24, 2.45) is 0 Å². The Morgan fingerprint density at radius 1 is 1.24 bits per heavy atom. The van der Waals surface area contributed by atoms with Crippen LogP contribution < -0.4 is 20.3 Å². The van der Waals surface area contributed by atoms with Gasteiger partial charge in [0.15, 0.2) is 5.11 Å². The number of rotatable bonds is 5. The molecule has 6 heteroatoms. The Labute approximate surface area is 153 Å². The van der Waals surface area contributed by atoms with Gasteiger partial charge in [-0.3, -0.25) is 4.79 Å². The molecule has 1 aliphatic rings. The summed E-state index contributed by atoms with van der Waals surface area (Å²) < 4.78 is 5.19. The predicted molar refractivity (Wildman–Crippen MR) is 104 cm³/mol. The maximum absolute atomic E-state index is 11.8. The van der Waals surface area contributed by atoms with Crippen LogP contribution in [0.25, 0.3) is 0 Å². The fraction of sp³-hybridized carbons (Fsp3) is 0.263. The zero-order valence-corrected chi connectivity index (χ0v) is 14.9. The molecule has 1 saturated heterocycles. The average Bonchev–Trinajstić information content (AvgIpc) is 3.06. The van der Waals surface area contributed by atoms with E-state index >= 15 is 0 Å². The third kappa shape index (κ3) is 4.48. The molecule has 130 valence electrons. The van der Waals surface area contributed by atoms with E-state index in [1.54, 1.807) is 7.11 Å². The van der Waals surface area contributed by atoms with Crippen LogP contribution in [0.3, 0.4) is 0 Å². The van der Waals surface area contributed by atoms with Crippen molar-refractivity contribution in [1.29, 1.82) is 0 Å². The van der Waals surface area contributed by atoms with Gasteiger partial charge in [-0.25, -0.2) is 0 Å². The van der Waals surface area contributed by atoms with Gasteiger partial charge in [0, 0.05) is 37.0 Å². The summed E-state index contributed by atoms with van der Waals surface area (Å²) in [5.41, 5.74) is 2.94. The van der Waals surface area contributed by atoms with Gasteiger partial charge < -0.3 is 20.3 Å². The van der Waals surface area contributed by atoms with Gasteiger partial charge in [0.2, 0.25) is 5.91 Å². The number of hydrogen-bond acceptors (Lipinski definition) is 3. The number of benzene rings is 2. The third-order valence-electron chi connectivity index (χ3n) is 4.10. The smallest absolute Gasteiger partial charge is 0.227 e. The van der Waals surface area contributed by atoms with Crippen LogP contribution in [0.4, 0.5) is 11.4 Å². The molecular formula is C19H21N3O2S. The molecule has 0 saturated carbocycles. The monoisotopic (exact) mass is 355 g/mol. The van der Waals surface area contributed by atoms with E-state index in [0.29, 0.717) is 18.1 Å². The Morgan fingerprint density at radius 2 is 2.04 bits per heavy atom. The van der Waals surface area contributed by atoms with Crippen molar-refractivity contribution in [1.82, 2.24) is 5.32 Å². The highest BCUT2D eigenvalue weighted by molar-refractivity contribution is 7.80. The molecule has 0 aromatic heterocycles. The molecule has 0 bridgehead atoms. The van der Waals surface area contributed by atoms with Crippen LogP contribution in [0.5, 0.6) is 5.75 Å². The minimum absolute atomic E-state index is 0.203. The molecule has 25 heavy (non-hydrogen) atoms. The third-order valence-corrected chi connectivity index (χ3v) is 4.35. The summed E-state index contributed by atoms with van der Waals surface area (Å²) >= 11 is 5.33. The average molecular weight is 355 g/mol. The van der Waals surface area contributed by atoms with Crippen LogP contribution >= 0.6 is 12.2 Å². The van der Waals surface area contributed by atoms with E-state index in [0.717, 1.165) is 35.7 Å². The number of nitrogens with zero attached hydrogens (tertiary/aromatic N) is 1. The fourth-order valence-electron chi connectivity index (χ4n) is 2.77. The second-order valence-electron chi connectivity index (χ2n) is 5.86. The van der Waals surface area contributed by atoms with E-state index < -0.39 is 0 Å². The first-order chi connectivity index (χ1) is 12.2. The summed E-state index contributed by atoms with van der Waals surface area (Å²) in [6, 6.07) is 15.6. The highest BCUT2D eigenvalue weighted by atomic mass is 32.1. The van der Waals surface area contributed by atoms with Crippen LogP contribution in [0.1, 0.15) is 18.4 Å². The summed E-state index contributed by atoms with van der Waals surface area (Å²) in [6.45, 7) is 1.43. The molecule has 1 heterocycles. The standard InChI is InChI=1S/C19H21N3O2S/c1-24-17-5-2-4-15(12-17)21-19(25)20-13-14-7-9-16(10-8-14)22-11-3-6-18(22)23/h2,4-5,7-10,12H,3,6,11,13H2,1H3,(H2,20,21,25). The quantitative estimate of drug-likeness (QED) is 0.806. The highest BCUT2D eigenvalue weighted by Gasteiger charge is 2.21. The van der Waals surface area contributed by atoms with Gasteiger partial charge in [0.1, 0.15) is 5.75 Å². The number of amides is 1. The predicted octanol–water partition coefficient (Wildman–Crippen LogP) is 3.31. The maximum Gasteiger partial charge on any atom is 0.227 e. The molecular weight excluding hydrogens is 334 g/mol. The summed E-state index contributed by atoms with van der Waals surface area (Å²) in [5.74, 6) is 0.981. The maximum atomic E-state index is 11.8. The molecule has 0 aliphatic carbocycles. The zero-order chi connectivity index (χ0) is 17.6. The molecule has 2 aromatic carbocycles. The zero-order valence-electron chi connectivity index (χ0n) is 14.1. The van der Waals surface area contributed by atoms with E-state index in [1.807, 2.05) is 53.4 Å². The lowest BCUT2D eigenvalue weighted by molar-refractivity contribution is -0.117. The lowest BCUT2D eigenvalue weighted by Gasteiger charge is -2.16. The minimum atomic E-state index is 0.203. The number of carbonyl (C=O) groups is 1. The molecule has 0 spiro atoms. The van der Waals surface area contributed by atoms with E-state index in [4.69, 9.17) is 17.0 Å². The number of methoxy groups -OCH3 is 1. The number of carbonyl (C=O) groups excluding carboxylic acids is 1. The number of anilines is 2. The van der Waals surface area contributed by atoms with Crippen molar-refractivity contribution in [2.75, 3.05) is 23.9 Å². The molecule has 0 radical (unpaired) electrons. The van der Waals surface area contributed by atoms with Crippen molar-refractivity contribution in [3.8, 4) is 5.75 Å². The molecule has 1 amide bonds. The highest BCUT2D eigenvalue weighted by Crippen LogP contribution is 2.21. The van der Waals surface area contributed by atoms with Crippen molar-refractivity contribution < 1.29 is 9.53 Å². The Balaban J connectivity index is 1.52. The van der Waals surface area contributed by atoms with Gasteiger partial charge in [0.05, 0.1) is 7.11 Å². The summed E-state index contributed by atoms with van der Waals surface area (Å²) in [7, 11) is 1.63. The van der Waals surface area contributed by atoms with Crippen LogP contribution in [-0.2, 0) is 11.3 Å². The summed E-state index contributed by atoms with van der Waals surface area (Å²) in [5, 5.41) is 6.87. The molecule has 0 atom stereocenters. The van der Waals surface area contributed by atoms with E-state index in [1.165, 1.54) is 0 Å². The van der Waals surface area contributed by atoms with Crippen molar-refractivity contribution in [3.63, 3.8) is 0 Å². The number of hydrogen-bond donors (Lipinski definition) is 2. The first-order valence-corrected chi connectivity index (χ1v) is 8.65. The largest absolute Gasteiger partial charge is 0.497 e. The van der Waals surface area contributed by atoms with Gasteiger partial charge in [-0.05, 0) is 48.5 Å². The number of nitrogens with one attached hydrogen (secondary N) is 2. The molecule has 5 nitrogen and oxygen atoms in total. The van der Waals surface area contributed by atoms with Gasteiger partial charge in [-0.2, -0.15) is 0 Å². The lowest BCUT2D eigenvalue weighted by Crippen LogP contribution is -2.28. The Bertz CT molecular complexity index is 762. The van der Waals surface area contributed by atoms with Gasteiger partial charge in [0.25, 0.3) is 0 Å². The molecule has 0 unspecified atom stereocenters. The Morgan fingerprint density at radius 3 is 2.72 bits per heavy atom. The number of thiocarbonyl (C=S) groups is 1. The van der Waals surface area contributed by atoms with Crippen molar-refractivity contribution in [3.05, 3.63) is 54.1 Å². The van der Waals surface area contributed by atoms with Crippen LogP contribution in [-0.4, -0.2) is 24.7 Å². The van der Waals surface area contributed by atoms with Crippen LogP contribution in [0, 0.1) is 0 Å². The van der Waals surface area contributed by atoms with Crippen LogP contribution in [0.2, 0.25) is 0 Å². The molecule has 3 rings (SSSR count). The molecule has 1 fully saturated rings. The summed E-state index contributed by atoms with van der Waals surface area (Å²) in [4.78, 5) is 13.6. The SMILES string of the molecule is COc1cccc(NC(=S)NCc2ccc(N3CCCC3=O)cc2)c1. The number of ether oxygens (including phenoxy) is 1. The fourth-order valence-corrected chi connectivity index (χ4v) is 2.96. The first-order valence-electron chi connectivity index (χ1n) is 8.24. The van der Waals surface area contributed by atoms with Crippen molar-refractivity contribution >= 4 is 34.6 Å². The second kappa shape index (κ2) is 7.98. The van der Waals surface area contributed by atoms with Crippen molar-refractivity contribution in [2.45, 2.75) is 19.4 Å². The van der Waals surface area contributed by atoms with E-state index in [2.05, 4.69) is 10.6 Å². The Kier molecular flexibility index (Phi) is 5.50. The molecule has 2 aromatic rings. The topological polar surface area (TPSA) is 53.6 Å². The first kappa shape index (κ1) is 17.2. The van der Waals surface area contributed by atoms with Gasteiger partial charge >= 0.3 is 0 Å². The van der Waals surface area contributed by atoms with Gasteiger partial charge in [-0.1, -0.05) is 18.2 Å². The van der Waals surface area contributed by atoms with E-state index in [-0.39, 0.29) is 5.91 Å². The minimum Gasteiger partial charge on any atom is -0.497 e. The molecule has 2 N–H and O–H groups in total. The second-order valence-corrected chi connectivity index (χ2v) is 6.26. The summed E-state index contributed by atoms with van der Waals surface area (Å²) in [6.07, 6.45) is 1.58. The van der Waals surface area contributed by atoms with Gasteiger partial charge in [-0.15, -0.1) is 0 Å². The van der Waals surface area contributed by atoms with Crippen LogP contribution in [0.15, 0.2) is 48.5 Å². The van der Waals surface area contributed by atoms with E-state index in [9.17, 15) is 4.79 Å². The lowest BCUT2D eigenvalue weighted by atomic mass is 10.2. The molecule has 1 aliphatic heterocycles. The Hall–Kier alpha value is -2.60.